The van der Waals surface area contributed by atoms with E-state index < -0.39 is 0 Å². The van der Waals surface area contributed by atoms with Crippen LogP contribution in [0, 0.1) is 0 Å². The molecule has 1 aliphatic carbocycles. The number of carbonyl (C=O) groups excluding carboxylic acids is 1. The van der Waals surface area contributed by atoms with Crippen molar-refractivity contribution >= 4 is 6.03 Å². The Morgan fingerprint density at radius 3 is 2.68 bits per heavy atom. The minimum atomic E-state index is 0.0609. The van der Waals surface area contributed by atoms with Crippen molar-refractivity contribution in [1.29, 1.82) is 0 Å². The van der Waals surface area contributed by atoms with Crippen LogP contribution in [0.2, 0.25) is 0 Å². The summed E-state index contributed by atoms with van der Waals surface area (Å²) in [6.45, 7) is 1.72. The fourth-order valence-corrected chi connectivity index (χ4v) is 2.61. The Labute approximate surface area is 111 Å². The van der Waals surface area contributed by atoms with Gasteiger partial charge in [0.25, 0.3) is 0 Å². The molecule has 2 amide bonds. The van der Waals surface area contributed by atoms with E-state index in [2.05, 4.69) is 5.32 Å². The number of nitrogens with zero attached hydrogens (tertiary/aromatic N) is 1. The second-order valence-electron chi connectivity index (χ2n) is 5.37. The van der Waals surface area contributed by atoms with Crippen LogP contribution in [-0.2, 0) is 13.0 Å². The number of hydrogen-bond acceptors (Lipinski definition) is 3. The van der Waals surface area contributed by atoms with E-state index in [4.69, 9.17) is 9.47 Å². The van der Waals surface area contributed by atoms with E-state index in [1.54, 1.807) is 0 Å². The molecule has 2 aliphatic heterocycles. The maximum atomic E-state index is 12.1. The zero-order valence-electron chi connectivity index (χ0n) is 10.6. The molecule has 0 saturated heterocycles. The first-order valence-electron chi connectivity index (χ1n) is 6.76. The number of urea groups is 1. The largest absolute Gasteiger partial charge is 0.454 e. The van der Waals surface area contributed by atoms with Crippen molar-refractivity contribution in [2.24, 2.45) is 0 Å². The van der Waals surface area contributed by atoms with E-state index >= 15 is 0 Å². The number of rotatable bonds is 1. The third kappa shape index (κ3) is 1.99. The Bertz CT molecular complexity index is 540. The third-order valence-electron chi connectivity index (χ3n) is 3.90. The summed E-state index contributed by atoms with van der Waals surface area (Å²) in [5.74, 6) is 1.62. The Hall–Kier alpha value is -1.91. The van der Waals surface area contributed by atoms with Gasteiger partial charge in [0.15, 0.2) is 11.5 Å². The average molecular weight is 260 g/mol. The molecule has 5 heteroatoms. The monoisotopic (exact) mass is 260 g/mol. The number of carbonyl (C=O) groups is 1. The highest BCUT2D eigenvalue weighted by atomic mass is 16.7. The van der Waals surface area contributed by atoms with Gasteiger partial charge in [0.2, 0.25) is 6.79 Å². The lowest BCUT2D eigenvalue weighted by Crippen LogP contribution is -2.43. The predicted octanol–water partition coefficient (Wildman–Crippen LogP) is 1.65. The fourth-order valence-electron chi connectivity index (χ4n) is 2.61. The Morgan fingerprint density at radius 1 is 1.21 bits per heavy atom. The van der Waals surface area contributed by atoms with Crippen molar-refractivity contribution in [2.75, 3.05) is 13.3 Å². The van der Waals surface area contributed by atoms with Gasteiger partial charge in [-0.2, -0.15) is 0 Å². The second kappa shape index (κ2) is 4.05. The predicted molar refractivity (Wildman–Crippen MR) is 68.2 cm³/mol. The van der Waals surface area contributed by atoms with Crippen LogP contribution in [0.25, 0.3) is 0 Å². The molecule has 4 rings (SSSR count). The third-order valence-corrected chi connectivity index (χ3v) is 3.90. The van der Waals surface area contributed by atoms with Crippen LogP contribution in [0.5, 0.6) is 11.5 Å². The van der Waals surface area contributed by atoms with Gasteiger partial charge in [0.1, 0.15) is 0 Å². The van der Waals surface area contributed by atoms with E-state index in [0.717, 1.165) is 37.3 Å². The molecule has 0 spiro atoms. The molecule has 1 aromatic carbocycles. The summed E-state index contributed by atoms with van der Waals surface area (Å²) in [5.41, 5.74) is 2.43. The quantitative estimate of drug-likeness (QED) is 0.835. The van der Waals surface area contributed by atoms with Gasteiger partial charge in [-0.05, 0) is 42.5 Å². The van der Waals surface area contributed by atoms with Gasteiger partial charge in [-0.15, -0.1) is 0 Å². The molecular formula is C14H16N2O3. The number of benzene rings is 1. The molecule has 1 aromatic rings. The summed E-state index contributed by atoms with van der Waals surface area (Å²) in [6.07, 6.45) is 3.12. The van der Waals surface area contributed by atoms with Crippen molar-refractivity contribution in [3.05, 3.63) is 23.3 Å². The van der Waals surface area contributed by atoms with Gasteiger partial charge >= 0.3 is 6.03 Å². The zero-order valence-corrected chi connectivity index (χ0v) is 10.6. The molecule has 100 valence electrons. The molecule has 1 saturated carbocycles. The summed E-state index contributed by atoms with van der Waals surface area (Å²) in [5, 5.41) is 3.04. The molecule has 0 atom stereocenters. The van der Waals surface area contributed by atoms with Gasteiger partial charge in [-0.1, -0.05) is 0 Å². The fraction of sp³-hybridized carbons (Fsp3) is 0.500. The lowest BCUT2D eigenvalue weighted by atomic mass is 9.99. The molecule has 1 N–H and O–H groups in total. The zero-order chi connectivity index (χ0) is 12.8. The van der Waals surface area contributed by atoms with Crippen molar-refractivity contribution in [3.8, 4) is 11.5 Å². The van der Waals surface area contributed by atoms with Gasteiger partial charge in [-0.25, -0.2) is 4.79 Å². The SMILES string of the molecule is O=C(NC1CC1)N1CCc2cc3c(cc2C1)OCO3. The molecule has 19 heavy (non-hydrogen) atoms. The van der Waals surface area contributed by atoms with Crippen LogP contribution < -0.4 is 14.8 Å². The molecule has 0 aromatic heterocycles. The van der Waals surface area contributed by atoms with Crippen molar-refractivity contribution in [2.45, 2.75) is 31.8 Å². The van der Waals surface area contributed by atoms with E-state index in [9.17, 15) is 4.79 Å². The number of fused-ring (bicyclic) bond motifs is 2. The van der Waals surface area contributed by atoms with Crippen LogP contribution in [0.4, 0.5) is 4.79 Å². The lowest BCUT2D eigenvalue weighted by Gasteiger charge is -2.29. The van der Waals surface area contributed by atoms with Gasteiger partial charge in [-0.3, -0.25) is 0 Å². The molecule has 3 aliphatic rings. The number of amides is 2. The maximum Gasteiger partial charge on any atom is 0.317 e. The standard InChI is InChI=1S/C14H16N2O3/c17-14(15-11-1-2-11)16-4-3-9-5-12-13(19-8-18-12)6-10(9)7-16/h5-6,11H,1-4,7-8H2,(H,15,17). The number of nitrogens with one attached hydrogen (secondary N) is 1. The molecule has 0 radical (unpaired) electrons. The van der Waals surface area contributed by atoms with Crippen LogP contribution in [-0.4, -0.2) is 30.3 Å². The summed E-state index contributed by atoms with van der Waals surface area (Å²) >= 11 is 0. The number of ether oxygens (including phenoxy) is 2. The van der Waals surface area contributed by atoms with E-state index in [-0.39, 0.29) is 6.03 Å². The van der Waals surface area contributed by atoms with Gasteiger partial charge < -0.3 is 19.7 Å². The highest BCUT2D eigenvalue weighted by Gasteiger charge is 2.28. The van der Waals surface area contributed by atoms with Crippen molar-refractivity contribution in [3.63, 3.8) is 0 Å². The Balaban J connectivity index is 1.54. The normalized spacial score (nSPS) is 20.1. The molecule has 1 fully saturated rings. The van der Waals surface area contributed by atoms with E-state index in [1.165, 1.54) is 11.1 Å². The summed E-state index contributed by atoms with van der Waals surface area (Å²) in [6, 6.07) is 4.53. The Morgan fingerprint density at radius 2 is 1.95 bits per heavy atom. The molecular weight excluding hydrogens is 244 g/mol. The minimum Gasteiger partial charge on any atom is -0.454 e. The van der Waals surface area contributed by atoms with Gasteiger partial charge in [0.05, 0.1) is 0 Å². The number of hydrogen-bond donors (Lipinski definition) is 1. The molecule has 5 nitrogen and oxygen atoms in total. The van der Waals surface area contributed by atoms with E-state index in [1.807, 2.05) is 17.0 Å². The van der Waals surface area contributed by atoms with Crippen molar-refractivity contribution < 1.29 is 14.3 Å². The summed E-state index contributed by atoms with van der Waals surface area (Å²) < 4.78 is 10.8. The molecule has 0 unspecified atom stereocenters. The van der Waals surface area contributed by atoms with Crippen LogP contribution in [0.3, 0.4) is 0 Å². The van der Waals surface area contributed by atoms with Crippen LogP contribution in [0.15, 0.2) is 12.1 Å². The lowest BCUT2D eigenvalue weighted by molar-refractivity contribution is 0.174. The molecule has 0 bridgehead atoms. The maximum absolute atomic E-state index is 12.1. The topological polar surface area (TPSA) is 50.8 Å². The highest BCUT2D eigenvalue weighted by molar-refractivity contribution is 5.75. The van der Waals surface area contributed by atoms with Crippen LogP contribution >= 0.6 is 0 Å². The minimum absolute atomic E-state index is 0.0609. The smallest absolute Gasteiger partial charge is 0.317 e. The second-order valence-corrected chi connectivity index (χ2v) is 5.37. The molecule has 2 heterocycles. The van der Waals surface area contributed by atoms with Gasteiger partial charge in [0, 0.05) is 19.1 Å². The summed E-state index contributed by atoms with van der Waals surface area (Å²) in [4.78, 5) is 13.9. The van der Waals surface area contributed by atoms with Crippen molar-refractivity contribution in [1.82, 2.24) is 10.2 Å². The first-order valence-corrected chi connectivity index (χ1v) is 6.76. The van der Waals surface area contributed by atoms with Crippen LogP contribution in [0.1, 0.15) is 24.0 Å². The first-order chi connectivity index (χ1) is 9.29. The van der Waals surface area contributed by atoms with E-state index in [0.29, 0.717) is 19.4 Å². The first kappa shape index (κ1) is 11.0. The average Bonchev–Trinajstić information content (AvgIpc) is 3.12. The summed E-state index contributed by atoms with van der Waals surface area (Å²) in [7, 11) is 0. The Kier molecular flexibility index (Phi) is 2.33. The highest BCUT2D eigenvalue weighted by Crippen LogP contribution is 2.36.